The summed E-state index contributed by atoms with van der Waals surface area (Å²) in [5.74, 6) is 1.68. The molecule has 4 nitrogen and oxygen atoms in total. The van der Waals surface area contributed by atoms with E-state index in [1.165, 1.54) is 31.2 Å². The monoisotopic (exact) mass is 440 g/mol. The predicted octanol–water partition coefficient (Wildman–Crippen LogP) is 4.88. The van der Waals surface area contributed by atoms with Crippen molar-refractivity contribution in [1.82, 2.24) is 10.2 Å². The Kier molecular flexibility index (Phi) is 7.52. The van der Waals surface area contributed by atoms with Gasteiger partial charge in [-0.15, -0.1) is 0 Å². The second kappa shape index (κ2) is 10.5. The highest BCUT2D eigenvalue weighted by molar-refractivity contribution is 6.30. The summed E-state index contributed by atoms with van der Waals surface area (Å²) >= 11 is 6.01. The number of ether oxygens (including phenoxy) is 1. The molecule has 2 atom stereocenters. The maximum absolute atomic E-state index is 12.7. The summed E-state index contributed by atoms with van der Waals surface area (Å²) in [5, 5.41) is 4.14. The largest absolute Gasteiger partial charge is 0.497 e. The van der Waals surface area contributed by atoms with Gasteiger partial charge in [0.05, 0.1) is 13.5 Å². The van der Waals surface area contributed by atoms with Crippen LogP contribution in [0.25, 0.3) is 0 Å². The van der Waals surface area contributed by atoms with Gasteiger partial charge in [0.2, 0.25) is 5.91 Å². The Morgan fingerprint density at radius 2 is 1.68 bits per heavy atom. The van der Waals surface area contributed by atoms with Crippen LogP contribution in [0.2, 0.25) is 5.02 Å². The quantitative estimate of drug-likeness (QED) is 0.666. The molecular weight excluding hydrogens is 408 g/mol. The Morgan fingerprint density at radius 1 is 1.00 bits per heavy atom. The van der Waals surface area contributed by atoms with Gasteiger partial charge in [0.1, 0.15) is 5.75 Å². The first kappa shape index (κ1) is 22.2. The fourth-order valence-corrected chi connectivity index (χ4v) is 5.30. The normalized spacial score (nSPS) is 22.4. The molecule has 2 unspecified atom stereocenters. The van der Waals surface area contributed by atoms with Gasteiger partial charge >= 0.3 is 0 Å². The van der Waals surface area contributed by atoms with Crippen molar-refractivity contribution in [2.24, 2.45) is 5.92 Å². The van der Waals surface area contributed by atoms with Gasteiger partial charge in [-0.1, -0.05) is 35.9 Å². The Balaban J connectivity index is 1.25. The summed E-state index contributed by atoms with van der Waals surface area (Å²) in [7, 11) is 1.66. The highest BCUT2D eigenvalue weighted by Crippen LogP contribution is 2.30. The van der Waals surface area contributed by atoms with E-state index in [0.717, 1.165) is 48.2 Å². The molecule has 1 heterocycles. The Labute approximate surface area is 190 Å². The zero-order valence-electron chi connectivity index (χ0n) is 18.4. The fourth-order valence-electron chi connectivity index (χ4n) is 5.18. The summed E-state index contributed by atoms with van der Waals surface area (Å²) in [6.45, 7) is 2.27. The molecule has 0 spiro atoms. The molecule has 1 N–H and O–H groups in total. The Hall–Kier alpha value is -2.04. The van der Waals surface area contributed by atoms with Gasteiger partial charge in [-0.3, -0.25) is 9.69 Å². The van der Waals surface area contributed by atoms with Crippen LogP contribution in [0.1, 0.15) is 43.2 Å². The molecular formula is C26H33ClN2O2. The first-order valence-electron chi connectivity index (χ1n) is 11.5. The lowest BCUT2D eigenvalue weighted by Crippen LogP contribution is -2.51. The molecule has 1 aliphatic heterocycles. The summed E-state index contributed by atoms with van der Waals surface area (Å²) in [4.78, 5) is 15.3. The smallest absolute Gasteiger partial charge is 0.224 e. The van der Waals surface area contributed by atoms with Gasteiger partial charge in [-0.2, -0.15) is 0 Å². The number of hydrogen-bond donors (Lipinski definition) is 1. The van der Waals surface area contributed by atoms with E-state index in [0.29, 0.717) is 12.5 Å². The van der Waals surface area contributed by atoms with Crippen molar-refractivity contribution in [1.29, 1.82) is 0 Å². The van der Waals surface area contributed by atoms with E-state index in [9.17, 15) is 4.79 Å². The van der Waals surface area contributed by atoms with Gasteiger partial charge in [-0.25, -0.2) is 0 Å². The number of likely N-dealkylation sites (tertiary alicyclic amines) is 1. The third-order valence-corrected chi connectivity index (χ3v) is 7.16. The molecule has 5 heteroatoms. The lowest BCUT2D eigenvalue weighted by atomic mass is 9.89. The van der Waals surface area contributed by atoms with Crippen LogP contribution < -0.4 is 10.1 Å². The number of amides is 1. The zero-order valence-corrected chi connectivity index (χ0v) is 19.1. The maximum atomic E-state index is 12.7. The van der Waals surface area contributed by atoms with Crippen LogP contribution in [0.5, 0.6) is 5.75 Å². The number of rotatable bonds is 7. The number of halogens is 1. The van der Waals surface area contributed by atoms with E-state index in [2.05, 4.69) is 22.3 Å². The number of methoxy groups -OCH3 is 1. The number of carbonyl (C=O) groups excluding carboxylic acids is 1. The summed E-state index contributed by atoms with van der Waals surface area (Å²) in [6, 6.07) is 16.8. The van der Waals surface area contributed by atoms with Crippen LogP contribution in [0.4, 0.5) is 0 Å². The standard InChI is InChI=1S/C26H33ClN2O2/c1-31-23-11-7-20(8-12-23)18-26(30)28-24-3-2-4-25(24)29-15-13-21(14-16-29)17-19-5-9-22(27)10-6-19/h5-12,21,24-25H,2-4,13-18H2,1H3,(H,28,30). The molecule has 1 amide bonds. The Morgan fingerprint density at radius 3 is 2.35 bits per heavy atom. The van der Waals surface area contributed by atoms with Gasteiger partial charge in [-0.05, 0) is 92.9 Å². The highest BCUT2D eigenvalue weighted by atomic mass is 35.5. The average molecular weight is 441 g/mol. The molecule has 31 heavy (non-hydrogen) atoms. The fraction of sp³-hybridized carbons (Fsp3) is 0.500. The lowest BCUT2D eigenvalue weighted by Gasteiger charge is -2.38. The lowest BCUT2D eigenvalue weighted by molar-refractivity contribution is -0.121. The van der Waals surface area contributed by atoms with Crippen molar-refractivity contribution in [3.05, 3.63) is 64.7 Å². The minimum absolute atomic E-state index is 0.125. The van der Waals surface area contributed by atoms with Crippen LogP contribution in [0, 0.1) is 5.92 Å². The van der Waals surface area contributed by atoms with E-state index < -0.39 is 0 Å². The van der Waals surface area contributed by atoms with Crippen molar-refractivity contribution >= 4 is 17.5 Å². The molecule has 2 aromatic carbocycles. The van der Waals surface area contributed by atoms with Crippen LogP contribution in [-0.2, 0) is 17.6 Å². The molecule has 2 aliphatic rings. The molecule has 0 radical (unpaired) electrons. The summed E-state index contributed by atoms with van der Waals surface area (Å²) in [5.41, 5.74) is 2.41. The van der Waals surface area contributed by atoms with E-state index in [4.69, 9.17) is 16.3 Å². The number of piperidine rings is 1. The summed E-state index contributed by atoms with van der Waals surface area (Å²) < 4.78 is 5.20. The first-order valence-corrected chi connectivity index (χ1v) is 11.9. The maximum Gasteiger partial charge on any atom is 0.224 e. The number of nitrogens with zero attached hydrogens (tertiary/aromatic N) is 1. The Bertz CT molecular complexity index is 845. The van der Waals surface area contributed by atoms with Crippen LogP contribution in [-0.4, -0.2) is 43.1 Å². The third kappa shape index (κ3) is 6.02. The van der Waals surface area contributed by atoms with E-state index in [-0.39, 0.29) is 11.9 Å². The number of nitrogens with one attached hydrogen (secondary N) is 1. The minimum atomic E-state index is 0.125. The third-order valence-electron chi connectivity index (χ3n) is 6.91. The summed E-state index contributed by atoms with van der Waals surface area (Å²) in [6.07, 6.45) is 7.49. The number of hydrogen-bond acceptors (Lipinski definition) is 3. The van der Waals surface area contributed by atoms with Crippen molar-refractivity contribution in [3.8, 4) is 5.75 Å². The first-order chi connectivity index (χ1) is 15.1. The second-order valence-corrected chi connectivity index (χ2v) is 9.44. The average Bonchev–Trinajstić information content (AvgIpc) is 3.24. The van der Waals surface area contributed by atoms with Crippen molar-refractivity contribution in [2.45, 2.75) is 57.0 Å². The van der Waals surface area contributed by atoms with Crippen LogP contribution in [0.15, 0.2) is 48.5 Å². The molecule has 2 fully saturated rings. The highest BCUT2D eigenvalue weighted by Gasteiger charge is 2.34. The minimum Gasteiger partial charge on any atom is -0.497 e. The van der Waals surface area contributed by atoms with Gasteiger partial charge in [0.25, 0.3) is 0 Å². The molecule has 0 bridgehead atoms. The van der Waals surface area contributed by atoms with Gasteiger partial charge in [0, 0.05) is 17.1 Å². The number of carbonyl (C=O) groups is 1. The van der Waals surface area contributed by atoms with Crippen LogP contribution >= 0.6 is 11.6 Å². The SMILES string of the molecule is COc1ccc(CC(=O)NC2CCCC2N2CCC(Cc3ccc(Cl)cc3)CC2)cc1. The van der Waals surface area contributed by atoms with Crippen molar-refractivity contribution < 1.29 is 9.53 Å². The molecule has 1 aliphatic carbocycles. The van der Waals surface area contributed by atoms with Crippen molar-refractivity contribution in [3.63, 3.8) is 0 Å². The molecule has 0 aromatic heterocycles. The topological polar surface area (TPSA) is 41.6 Å². The zero-order chi connectivity index (χ0) is 21.6. The molecule has 166 valence electrons. The molecule has 1 saturated heterocycles. The van der Waals surface area contributed by atoms with Crippen molar-refractivity contribution in [2.75, 3.05) is 20.2 Å². The predicted molar refractivity (Wildman–Crippen MR) is 126 cm³/mol. The van der Waals surface area contributed by atoms with Gasteiger partial charge < -0.3 is 10.1 Å². The van der Waals surface area contributed by atoms with E-state index >= 15 is 0 Å². The number of benzene rings is 2. The molecule has 1 saturated carbocycles. The molecule has 4 rings (SSSR count). The van der Waals surface area contributed by atoms with E-state index in [1.807, 2.05) is 36.4 Å². The molecule has 2 aromatic rings. The van der Waals surface area contributed by atoms with Gasteiger partial charge in [0.15, 0.2) is 0 Å². The van der Waals surface area contributed by atoms with Crippen LogP contribution in [0.3, 0.4) is 0 Å². The van der Waals surface area contributed by atoms with E-state index in [1.54, 1.807) is 7.11 Å². The second-order valence-electron chi connectivity index (χ2n) is 9.01.